The molecule has 114 valence electrons. The molecule has 1 aliphatic rings. The summed E-state index contributed by atoms with van der Waals surface area (Å²) in [6.07, 6.45) is 6.03. The number of carbonyl (C=O) groups is 2. The van der Waals surface area contributed by atoms with Gasteiger partial charge in [-0.3, -0.25) is 14.6 Å². The first kappa shape index (κ1) is 15.8. The van der Waals surface area contributed by atoms with Crippen LogP contribution < -0.4 is 5.32 Å². The monoisotopic (exact) mass is 309 g/mol. The van der Waals surface area contributed by atoms with Gasteiger partial charge >= 0.3 is 0 Å². The lowest BCUT2D eigenvalue weighted by Gasteiger charge is -2.32. The lowest BCUT2D eigenvalue weighted by atomic mass is 10.0. The number of pyridine rings is 1. The van der Waals surface area contributed by atoms with Crippen molar-refractivity contribution >= 4 is 23.4 Å². The van der Waals surface area contributed by atoms with Crippen LogP contribution in [0.3, 0.4) is 0 Å². The molecule has 2 amide bonds. The Bertz CT molecular complexity index is 513. The van der Waals surface area contributed by atoms with E-state index in [1.165, 1.54) is 6.20 Å². The minimum atomic E-state index is -0.0913. The predicted molar refractivity (Wildman–Crippen MR) is 81.2 cm³/mol. The van der Waals surface area contributed by atoms with E-state index in [1.54, 1.807) is 17.2 Å². The van der Waals surface area contributed by atoms with Crippen LogP contribution in [0.5, 0.6) is 0 Å². The topological polar surface area (TPSA) is 62.3 Å². The standard InChI is InChI=1S/C15H20ClN3O2/c1-2-3-14(20)18-11-5-8-19(9-6-11)15(21)12-10-17-7-4-13(12)16/h4,7,10-11H,2-3,5-6,8-9H2,1H3,(H,18,20). The number of hydrogen-bond acceptors (Lipinski definition) is 3. The lowest BCUT2D eigenvalue weighted by Crippen LogP contribution is -2.46. The Kier molecular flexibility index (Phi) is 5.56. The molecule has 0 unspecified atom stereocenters. The van der Waals surface area contributed by atoms with Gasteiger partial charge in [0.25, 0.3) is 5.91 Å². The molecule has 0 atom stereocenters. The van der Waals surface area contributed by atoms with Gasteiger partial charge in [0.05, 0.1) is 10.6 Å². The second-order valence-corrected chi connectivity index (χ2v) is 5.65. The molecule has 1 N–H and O–H groups in total. The summed E-state index contributed by atoms with van der Waals surface area (Å²) in [6, 6.07) is 1.78. The number of carbonyl (C=O) groups excluding carboxylic acids is 2. The first-order valence-electron chi connectivity index (χ1n) is 7.30. The third-order valence-corrected chi connectivity index (χ3v) is 3.95. The second kappa shape index (κ2) is 7.41. The SMILES string of the molecule is CCCC(=O)NC1CCN(C(=O)c2cnccc2Cl)CC1. The van der Waals surface area contributed by atoms with Crippen molar-refractivity contribution < 1.29 is 9.59 Å². The summed E-state index contributed by atoms with van der Waals surface area (Å²) in [7, 11) is 0. The molecule has 1 aromatic rings. The first-order chi connectivity index (χ1) is 10.1. The van der Waals surface area contributed by atoms with Crippen molar-refractivity contribution in [1.29, 1.82) is 0 Å². The summed E-state index contributed by atoms with van der Waals surface area (Å²) in [5, 5.41) is 3.44. The number of amides is 2. The summed E-state index contributed by atoms with van der Waals surface area (Å²) in [5.74, 6) is 0.00372. The summed E-state index contributed by atoms with van der Waals surface area (Å²) in [4.78, 5) is 29.7. The third kappa shape index (κ3) is 4.17. The van der Waals surface area contributed by atoms with Crippen LogP contribution in [0.25, 0.3) is 0 Å². The molecule has 1 aromatic heterocycles. The highest BCUT2D eigenvalue weighted by Crippen LogP contribution is 2.19. The Hall–Kier alpha value is -1.62. The number of nitrogens with one attached hydrogen (secondary N) is 1. The Morgan fingerprint density at radius 2 is 2.14 bits per heavy atom. The number of rotatable bonds is 4. The number of likely N-dealkylation sites (tertiary alicyclic amines) is 1. The molecule has 0 radical (unpaired) electrons. The van der Waals surface area contributed by atoms with E-state index in [2.05, 4.69) is 10.3 Å². The molecule has 5 nitrogen and oxygen atoms in total. The van der Waals surface area contributed by atoms with E-state index in [1.807, 2.05) is 6.92 Å². The van der Waals surface area contributed by atoms with E-state index in [-0.39, 0.29) is 17.9 Å². The first-order valence-corrected chi connectivity index (χ1v) is 7.67. The van der Waals surface area contributed by atoms with E-state index < -0.39 is 0 Å². The normalized spacial score (nSPS) is 15.8. The molecule has 1 aliphatic heterocycles. The Morgan fingerprint density at radius 1 is 1.43 bits per heavy atom. The molecular weight excluding hydrogens is 290 g/mol. The predicted octanol–water partition coefficient (Wildman–Crippen LogP) is 2.26. The van der Waals surface area contributed by atoms with E-state index in [0.717, 1.165) is 19.3 Å². The average Bonchev–Trinajstić information content (AvgIpc) is 2.48. The van der Waals surface area contributed by atoms with Crippen molar-refractivity contribution in [3.05, 3.63) is 29.0 Å². The molecular formula is C15H20ClN3O2. The fraction of sp³-hybridized carbons (Fsp3) is 0.533. The van der Waals surface area contributed by atoms with Gasteiger partial charge in [0.2, 0.25) is 5.91 Å². The average molecular weight is 310 g/mol. The molecule has 6 heteroatoms. The molecule has 0 aromatic carbocycles. The quantitative estimate of drug-likeness (QED) is 0.928. The van der Waals surface area contributed by atoms with Crippen molar-refractivity contribution in [3.63, 3.8) is 0 Å². The third-order valence-electron chi connectivity index (χ3n) is 3.62. The molecule has 0 spiro atoms. The Labute approximate surface area is 129 Å². The molecule has 1 saturated heterocycles. The van der Waals surface area contributed by atoms with Crippen molar-refractivity contribution in [2.45, 2.75) is 38.6 Å². The number of halogens is 1. The Balaban J connectivity index is 1.88. The molecule has 0 bridgehead atoms. The fourth-order valence-corrected chi connectivity index (χ4v) is 2.64. The van der Waals surface area contributed by atoms with Crippen LogP contribution >= 0.6 is 11.6 Å². The van der Waals surface area contributed by atoms with Crippen LogP contribution in [-0.2, 0) is 4.79 Å². The van der Waals surface area contributed by atoms with E-state index >= 15 is 0 Å². The lowest BCUT2D eigenvalue weighted by molar-refractivity contribution is -0.122. The highest BCUT2D eigenvalue weighted by atomic mass is 35.5. The second-order valence-electron chi connectivity index (χ2n) is 5.24. The van der Waals surface area contributed by atoms with Crippen LogP contribution in [0.2, 0.25) is 5.02 Å². The van der Waals surface area contributed by atoms with Gasteiger partial charge in [0.1, 0.15) is 0 Å². The van der Waals surface area contributed by atoms with Crippen molar-refractivity contribution in [1.82, 2.24) is 15.2 Å². The summed E-state index contributed by atoms with van der Waals surface area (Å²) in [5.41, 5.74) is 0.438. The zero-order chi connectivity index (χ0) is 15.2. The maximum atomic E-state index is 12.4. The van der Waals surface area contributed by atoms with E-state index in [9.17, 15) is 9.59 Å². The van der Waals surface area contributed by atoms with E-state index in [0.29, 0.717) is 30.1 Å². The minimum absolute atomic E-state index is 0.0913. The van der Waals surface area contributed by atoms with Gasteiger partial charge in [-0.15, -0.1) is 0 Å². The highest BCUT2D eigenvalue weighted by molar-refractivity contribution is 6.33. The number of piperidine rings is 1. The van der Waals surface area contributed by atoms with Crippen molar-refractivity contribution in [3.8, 4) is 0 Å². The minimum Gasteiger partial charge on any atom is -0.353 e. The number of nitrogens with zero attached hydrogens (tertiary/aromatic N) is 2. The van der Waals surface area contributed by atoms with Gasteiger partial charge < -0.3 is 10.2 Å². The number of aromatic nitrogens is 1. The molecule has 2 rings (SSSR count). The summed E-state index contributed by atoms with van der Waals surface area (Å²) < 4.78 is 0. The smallest absolute Gasteiger partial charge is 0.256 e. The van der Waals surface area contributed by atoms with Gasteiger partial charge in [-0.1, -0.05) is 18.5 Å². The van der Waals surface area contributed by atoms with Crippen LogP contribution in [0.15, 0.2) is 18.5 Å². The van der Waals surface area contributed by atoms with Gasteiger partial charge in [-0.05, 0) is 25.3 Å². The number of hydrogen-bond donors (Lipinski definition) is 1. The van der Waals surface area contributed by atoms with Gasteiger partial charge in [0.15, 0.2) is 0 Å². The van der Waals surface area contributed by atoms with Gasteiger partial charge in [-0.25, -0.2) is 0 Å². The van der Waals surface area contributed by atoms with Crippen LogP contribution in [0.1, 0.15) is 43.0 Å². The van der Waals surface area contributed by atoms with Gasteiger partial charge in [0, 0.05) is 37.9 Å². The van der Waals surface area contributed by atoms with Crippen LogP contribution in [0.4, 0.5) is 0 Å². The summed E-state index contributed by atoms with van der Waals surface area (Å²) in [6.45, 7) is 3.24. The largest absolute Gasteiger partial charge is 0.353 e. The maximum Gasteiger partial charge on any atom is 0.256 e. The van der Waals surface area contributed by atoms with Crippen LogP contribution in [-0.4, -0.2) is 40.8 Å². The van der Waals surface area contributed by atoms with Crippen LogP contribution in [0, 0.1) is 0 Å². The fourth-order valence-electron chi connectivity index (χ4n) is 2.46. The molecule has 1 fully saturated rings. The zero-order valence-electron chi connectivity index (χ0n) is 12.1. The molecule has 2 heterocycles. The Morgan fingerprint density at radius 3 is 2.76 bits per heavy atom. The van der Waals surface area contributed by atoms with Crippen molar-refractivity contribution in [2.24, 2.45) is 0 Å². The van der Waals surface area contributed by atoms with E-state index in [4.69, 9.17) is 11.6 Å². The molecule has 21 heavy (non-hydrogen) atoms. The molecule has 0 saturated carbocycles. The van der Waals surface area contributed by atoms with Gasteiger partial charge in [-0.2, -0.15) is 0 Å². The summed E-state index contributed by atoms with van der Waals surface area (Å²) >= 11 is 6.03. The highest BCUT2D eigenvalue weighted by Gasteiger charge is 2.25. The van der Waals surface area contributed by atoms with Crippen molar-refractivity contribution in [2.75, 3.05) is 13.1 Å². The zero-order valence-corrected chi connectivity index (χ0v) is 12.9. The molecule has 0 aliphatic carbocycles. The maximum absolute atomic E-state index is 12.4.